The third-order valence-corrected chi connectivity index (χ3v) is 5.47. The first-order chi connectivity index (χ1) is 11.5. The predicted octanol–water partition coefficient (Wildman–Crippen LogP) is 5.70. The maximum absolute atomic E-state index is 11.6. The highest BCUT2D eigenvalue weighted by molar-refractivity contribution is 6.30. The number of aryl methyl sites for hydroxylation is 1. The second-order valence-corrected chi connectivity index (χ2v) is 7.34. The standard InChI is InChI=1S/C20H24ClNO2/c1-13-8-9-16(21)10-17(13)19-11-18(20(23)24)14(2)22(19)12-15-6-4-3-5-7-15/h8-11,15H,3-7,12H2,1-2H3,(H,23,24). The Balaban J connectivity index is 2.08. The average molecular weight is 346 g/mol. The molecule has 0 saturated heterocycles. The van der Waals surface area contributed by atoms with Gasteiger partial charge in [-0.25, -0.2) is 4.79 Å². The third kappa shape index (κ3) is 3.36. The van der Waals surface area contributed by atoms with Gasteiger partial charge >= 0.3 is 5.97 Å². The summed E-state index contributed by atoms with van der Waals surface area (Å²) in [5.41, 5.74) is 4.32. The molecule has 1 aliphatic carbocycles. The molecule has 0 unspecified atom stereocenters. The number of nitrogens with zero attached hydrogens (tertiary/aromatic N) is 1. The molecule has 1 aromatic heterocycles. The van der Waals surface area contributed by atoms with Crippen LogP contribution in [0.15, 0.2) is 24.3 Å². The number of carboxylic acids is 1. The number of carbonyl (C=O) groups is 1. The molecule has 1 N–H and O–H groups in total. The number of halogens is 1. The molecule has 0 amide bonds. The summed E-state index contributed by atoms with van der Waals surface area (Å²) in [7, 11) is 0. The summed E-state index contributed by atoms with van der Waals surface area (Å²) in [5, 5.41) is 10.2. The van der Waals surface area contributed by atoms with Crippen LogP contribution in [-0.4, -0.2) is 15.6 Å². The molecule has 4 heteroatoms. The number of carboxylic acid groups (broad SMARTS) is 1. The minimum Gasteiger partial charge on any atom is -0.478 e. The Morgan fingerprint density at radius 3 is 2.58 bits per heavy atom. The smallest absolute Gasteiger partial charge is 0.337 e. The van der Waals surface area contributed by atoms with Gasteiger partial charge in [-0.05, 0) is 56.4 Å². The lowest BCUT2D eigenvalue weighted by atomic mass is 9.89. The topological polar surface area (TPSA) is 42.2 Å². The number of aromatic nitrogens is 1. The summed E-state index contributed by atoms with van der Waals surface area (Å²) in [6, 6.07) is 7.61. The van der Waals surface area contributed by atoms with E-state index in [1.807, 2.05) is 32.0 Å². The van der Waals surface area contributed by atoms with Crippen molar-refractivity contribution < 1.29 is 9.90 Å². The van der Waals surface area contributed by atoms with Gasteiger partial charge in [-0.1, -0.05) is 36.9 Å². The SMILES string of the molecule is Cc1ccc(Cl)cc1-c1cc(C(=O)O)c(C)n1CC1CCCCC1. The summed E-state index contributed by atoms with van der Waals surface area (Å²) in [6.45, 7) is 4.84. The molecule has 3 nitrogen and oxygen atoms in total. The molecule has 0 atom stereocenters. The fraction of sp³-hybridized carbons (Fsp3) is 0.450. The van der Waals surface area contributed by atoms with Gasteiger partial charge in [0.1, 0.15) is 0 Å². The van der Waals surface area contributed by atoms with Crippen molar-refractivity contribution in [3.05, 3.63) is 46.1 Å². The zero-order chi connectivity index (χ0) is 17.3. The maximum Gasteiger partial charge on any atom is 0.337 e. The normalized spacial score (nSPS) is 15.6. The Bertz CT molecular complexity index is 757. The van der Waals surface area contributed by atoms with Crippen molar-refractivity contribution in [3.63, 3.8) is 0 Å². The number of hydrogen-bond acceptors (Lipinski definition) is 1. The van der Waals surface area contributed by atoms with Crippen LogP contribution in [0.3, 0.4) is 0 Å². The summed E-state index contributed by atoms with van der Waals surface area (Å²) >= 11 is 6.19. The molecule has 1 aliphatic rings. The van der Waals surface area contributed by atoms with Gasteiger partial charge in [0, 0.05) is 28.5 Å². The molecular formula is C20H24ClNO2. The zero-order valence-electron chi connectivity index (χ0n) is 14.3. The van der Waals surface area contributed by atoms with Crippen molar-refractivity contribution in [2.24, 2.45) is 5.92 Å². The molecule has 2 aromatic rings. The van der Waals surface area contributed by atoms with Crippen LogP contribution in [0.1, 0.15) is 53.7 Å². The highest BCUT2D eigenvalue weighted by Crippen LogP contribution is 2.33. The van der Waals surface area contributed by atoms with E-state index in [-0.39, 0.29) is 0 Å². The fourth-order valence-electron chi connectivity index (χ4n) is 3.82. The fourth-order valence-corrected chi connectivity index (χ4v) is 3.99. The van der Waals surface area contributed by atoms with E-state index in [9.17, 15) is 9.90 Å². The Morgan fingerprint density at radius 1 is 1.21 bits per heavy atom. The van der Waals surface area contributed by atoms with Gasteiger partial charge < -0.3 is 9.67 Å². The quantitative estimate of drug-likeness (QED) is 0.771. The van der Waals surface area contributed by atoms with Crippen LogP contribution in [0.25, 0.3) is 11.3 Å². The van der Waals surface area contributed by atoms with E-state index >= 15 is 0 Å². The van der Waals surface area contributed by atoms with Gasteiger partial charge in [-0.3, -0.25) is 0 Å². The third-order valence-electron chi connectivity index (χ3n) is 5.24. The lowest BCUT2D eigenvalue weighted by molar-refractivity contribution is 0.0696. The van der Waals surface area contributed by atoms with E-state index in [1.54, 1.807) is 6.07 Å². The van der Waals surface area contributed by atoms with Crippen LogP contribution >= 0.6 is 11.6 Å². The molecule has 24 heavy (non-hydrogen) atoms. The monoisotopic (exact) mass is 345 g/mol. The van der Waals surface area contributed by atoms with E-state index in [2.05, 4.69) is 4.57 Å². The summed E-state index contributed by atoms with van der Waals surface area (Å²) in [5.74, 6) is -0.236. The van der Waals surface area contributed by atoms with Crippen LogP contribution in [-0.2, 0) is 6.54 Å². The Labute approximate surface area is 148 Å². The predicted molar refractivity (Wildman–Crippen MR) is 97.9 cm³/mol. The van der Waals surface area contributed by atoms with E-state index in [1.165, 1.54) is 32.1 Å². The van der Waals surface area contributed by atoms with Gasteiger partial charge in [0.25, 0.3) is 0 Å². The van der Waals surface area contributed by atoms with Crippen molar-refractivity contribution in [1.29, 1.82) is 0 Å². The lowest BCUT2D eigenvalue weighted by Crippen LogP contribution is -2.16. The summed E-state index contributed by atoms with van der Waals surface area (Å²) < 4.78 is 2.19. The molecule has 1 heterocycles. The first kappa shape index (κ1) is 17.1. The van der Waals surface area contributed by atoms with Gasteiger partial charge in [0.15, 0.2) is 0 Å². The number of hydrogen-bond donors (Lipinski definition) is 1. The molecule has 1 saturated carbocycles. The molecule has 128 valence electrons. The number of benzene rings is 1. The largest absolute Gasteiger partial charge is 0.478 e. The molecular weight excluding hydrogens is 322 g/mol. The number of aromatic carboxylic acids is 1. The maximum atomic E-state index is 11.6. The molecule has 0 spiro atoms. The Kier molecular flexibility index (Phi) is 5.00. The lowest BCUT2D eigenvalue weighted by Gasteiger charge is -2.24. The Morgan fingerprint density at radius 2 is 1.92 bits per heavy atom. The van der Waals surface area contributed by atoms with E-state index in [0.29, 0.717) is 16.5 Å². The highest BCUT2D eigenvalue weighted by Gasteiger charge is 2.22. The van der Waals surface area contributed by atoms with Gasteiger partial charge in [-0.2, -0.15) is 0 Å². The molecule has 3 rings (SSSR count). The van der Waals surface area contributed by atoms with E-state index in [4.69, 9.17) is 11.6 Å². The van der Waals surface area contributed by atoms with E-state index in [0.717, 1.165) is 29.1 Å². The summed E-state index contributed by atoms with van der Waals surface area (Å²) in [4.78, 5) is 11.6. The van der Waals surface area contributed by atoms with Crippen LogP contribution in [0.4, 0.5) is 0 Å². The zero-order valence-corrected chi connectivity index (χ0v) is 15.1. The minimum absolute atomic E-state index is 0.389. The second-order valence-electron chi connectivity index (χ2n) is 6.91. The Hall–Kier alpha value is -1.74. The second kappa shape index (κ2) is 7.02. The molecule has 0 radical (unpaired) electrons. The van der Waals surface area contributed by atoms with Crippen molar-refractivity contribution in [2.45, 2.75) is 52.5 Å². The van der Waals surface area contributed by atoms with Crippen LogP contribution in [0, 0.1) is 19.8 Å². The molecule has 0 bridgehead atoms. The van der Waals surface area contributed by atoms with Gasteiger partial charge in [-0.15, -0.1) is 0 Å². The van der Waals surface area contributed by atoms with Crippen LogP contribution in [0.5, 0.6) is 0 Å². The number of rotatable bonds is 4. The molecule has 1 aromatic carbocycles. The van der Waals surface area contributed by atoms with Crippen LogP contribution < -0.4 is 0 Å². The minimum atomic E-state index is -0.865. The van der Waals surface area contributed by atoms with Gasteiger partial charge in [0.2, 0.25) is 0 Å². The van der Waals surface area contributed by atoms with E-state index < -0.39 is 5.97 Å². The first-order valence-corrected chi connectivity index (χ1v) is 9.05. The van der Waals surface area contributed by atoms with Gasteiger partial charge in [0.05, 0.1) is 5.56 Å². The first-order valence-electron chi connectivity index (χ1n) is 8.67. The molecule has 1 fully saturated rings. The van der Waals surface area contributed by atoms with Crippen LogP contribution in [0.2, 0.25) is 5.02 Å². The average Bonchev–Trinajstić information content (AvgIpc) is 2.88. The molecule has 0 aliphatic heterocycles. The van der Waals surface area contributed by atoms with Crippen molar-refractivity contribution in [1.82, 2.24) is 4.57 Å². The highest BCUT2D eigenvalue weighted by atomic mass is 35.5. The van der Waals surface area contributed by atoms with Crippen molar-refractivity contribution in [2.75, 3.05) is 0 Å². The van der Waals surface area contributed by atoms with Crippen molar-refractivity contribution >= 4 is 17.6 Å². The summed E-state index contributed by atoms with van der Waals surface area (Å²) in [6.07, 6.45) is 6.34. The van der Waals surface area contributed by atoms with Crippen molar-refractivity contribution in [3.8, 4) is 11.3 Å².